The maximum Gasteiger partial charge on any atom is 0.146 e. The molecule has 0 aliphatic carbocycles. The van der Waals surface area contributed by atoms with Crippen molar-refractivity contribution in [1.29, 1.82) is 0 Å². The van der Waals surface area contributed by atoms with Gasteiger partial charge < -0.3 is 10.5 Å². The third-order valence-electron chi connectivity index (χ3n) is 2.40. The van der Waals surface area contributed by atoms with Crippen LogP contribution < -0.4 is 5.73 Å². The molecule has 90 valence electrons. The minimum Gasteiger partial charge on any atom is -0.396 e. The van der Waals surface area contributed by atoms with E-state index in [0.29, 0.717) is 12.5 Å². The third kappa shape index (κ3) is 4.19. The number of nitrogens with two attached hydrogens (primary N) is 1. The van der Waals surface area contributed by atoms with Gasteiger partial charge in [0.15, 0.2) is 0 Å². The second-order valence-electron chi connectivity index (χ2n) is 4.61. The van der Waals surface area contributed by atoms with Crippen molar-refractivity contribution in [1.82, 2.24) is 0 Å². The van der Waals surface area contributed by atoms with E-state index in [9.17, 15) is 4.39 Å². The highest BCUT2D eigenvalue weighted by Crippen LogP contribution is 2.15. The molecule has 0 bridgehead atoms. The van der Waals surface area contributed by atoms with Gasteiger partial charge in [0.2, 0.25) is 0 Å². The van der Waals surface area contributed by atoms with E-state index in [1.807, 2.05) is 6.92 Å². The van der Waals surface area contributed by atoms with Crippen molar-refractivity contribution >= 4 is 5.69 Å². The van der Waals surface area contributed by atoms with Crippen LogP contribution in [0.5, 0.6) is 0 Å². The molecule has 2 N–H and O–H groups in total. The Labute approximate surface area is 96.6 Å². The van der Waals surface area contributed by atoms with Gasteiger partial charge in [-0.3, -0.25) is 0 Å². The zero-order chi connectivity index (χ0) is 12.1. The van der Waals surface area contributed by atoms with E-state index in [-0.39, 0.29) is 17.6 Å². The fraction of sp³-hybridized carbons (Fsp3) is 0.538. The fourth-order valence-electron chi connectivity index (χ4n) is 1.63. The number of ether oxygens (including phenoxy) is 1. The number of hydrogen-bond acceptors (Lipinski definition) is 2. The standard InChI is InChI=1S/C13H20FNO/c1-9(2)6-10(3)16-8-11-4-5-13(15)12(14)7-11/h4-5,7,9-10H,6,8,15H2,1-3H3. The second kappa shape index (κ2) is 5.85. The average molecular weight is 225 g/mol. The van der Waals surface area contributed by atoms with Crippen LogP contribution in [0.25, 0.3) is 0 Å². The topological polar surface area (TPSA) is 35.2 Å². The molecule has 0 spiro atoms. The Morgan fingerprint density at radius 1 is 1.31 bits per heavy atom. The molecular formula is C13H20FNO. The zero-order valence-electron chi connectivity index (χ0n) is 10.2. The maximum absolute atomic E-state index is 13.1. The Hall–Kier alpha value is -1.09. The molecule has 16 heavy (non-hydrogen) atoms. The summed E-state index contributed by atoms with van der Waals surface area (Å²) in [6, 6.07) is 4.79. The molecule has 3 heteroatoms. The predicted octanol–water partition coefficient (Wildman–Crippen LogP) is 3.36. The van der Waals surface area contributed by atoms with Crippen LogP contribution in [-0.2, 0) is 11.3 Å². The number of rotatable bonds is 5. The van der Waals surface area contributed by atoms with E-state index in [0.717, 1.165) is 12.0 Å². The van der Waals surface area contributed by atoms with E-state index in [1.54, 1.807) is 12.1 Å². The fourth-order valence-corrected chi connectivity index (χ4v) is 1.63. The highest BCUT2D eigenvalue weighted by atomic mass is 19.1. The lowest BCUT2D eigenvalue weighted by Crippen LogP contribution is -2.11. The summed E-state index contributed by atoms with van der Waals surface area (Å²) in [5.41, 5.74) is 6.40. The van der Waals surface area contributed by atoms with Crippen LogP contribution >= 0.6 is 0 Å². The summed E-state index contributed by atoms with van der Waals surface area (Å²) in [7, 11) is 0. The van der Waals surface area contributed by atoms with Crippen LogP contribution in [-0.4, -0.2) is 6.10 Å². The molecule has 0 saturated carbocycles. The smallest absolute Gasteiger partial charge is 0.146 e. The first-order valence-electron chi connectivity index (χ1n) is 5.64. The van der Waals surface area contributed by atoms with Crippen molar-refractivity contribution in [3.8, 4) is 0 Å². The van der Waals surface area contributed by atoms with E-state index in [1.165, 1.54) is 6.07 Å². The highest BCUT2D eigenvalue weighted by molar-refractivity contribution is 5.41. The normalized spacial score (nSPS) is 13.1. The van der Waals surface area contributed by atoms with Crippen LogP contribution in [0.1, 0.15) is 32.8 Å². The number of hydrogen-bond donors (Lipinski definition) is 1. The monoisotopic (exact) mass is 225 g/mol. The molecule has 0 aromatic heterocycles. The molecule has 0 heterocycles. The quantitative estimate of drug-likeness (QED) is 0.780. The van der Waals surface area contributed by atoms with Gasteiger partial charge in [0.25, 0.3) is 0 Å². The van der Waals surface area contributed by atoms with E-state index < -0.39 is 0 Å². The lowest BCUT2D eigenvalue weighted by atomic mass is 10.1. The van der Waals surface area contributed by atoms with E-state index in [2.05, 4.69) is 13.8 Å². The molecule has 1 rings (SSSR count). The Bertz CT molecular complexity index is 339. The lowest BCUT2D eigenvalue weighted by Gasteiger charge is -2.15. The molecule has 0 aliphatic heterocycles. The molecule has 0 saturated heterocycles. The van der Waals surface area contributed by atoms with Gasteiger partial charge in [0.05, 0.1) is 18.4 Å². The second-order valence-corrected chi connectivity index (χ2v) is 4.61. The van der Waals surface area contributed by atoms with Gasteiger partial charge >= 0.3 is 0 Å². The van der Waals surface area contributed by atoms with Crippen molar-refractivity contribution in [3.63, 3.8) is 0 Å². The molecule has 1 aromatic carbocycles. The highest BCUT2D eigenvalue weighted by Gasteiger charge is 2.06. The van der Waals surface area contributed by atoms with Gasteiger partial charge in [-0.15, -0.1) is 0 Å². The average Bonchev–Trinajstić information content (AvgIpc) is 2.19. The Morgan fingerprint density at radius 3 is 2.56 bits per heavy atom. The van der Waals surface area contributed by atoms with Crippen molar-refractivity contribution in [3.05, 3.63) is 29.6 Å². The predicted molar refractivity (Wildman–Crippen MR) is 64.5 cm³/mol. The molecule has 0 fully saturated rings. The molecule has 1 atom stereocenters. The molecule has 0 amide bonds. The first-order chi connectivity index (χ1) is 7.49. The number of anilines is 1. The summed E-state index contributed by atoms with van der Waals surface area (Å²) >= 11 is 0. The molecular weight excluding hydrogens is 205 g/mol. The van der Waals surface area contributed by atoms with Gasteiger partial charge in [-0.1, -0.05) is 19.9 Å². The van der Waals surface area contributed by atoms with Crippen molar-refractivity contribution in [2.24, 2.45) is 5.92 Å². The van der Waals surface area contributed by atoms with Gasteiger partial charge in [-0.05, 0) is 37.0 Å². The number of halogens is 1. The summed E-state index contributed by atoms with van der Waals surface area (Å²) in [5.74, 6) is 0.232. The van der Waals surface area contributed by atoms with E-state index >= 15 is 0 Å². The maximum atomic E-state index is 13.1. The Morgan fingerprint density at radius 2 is 2.00 bits per heavy atom. The van der Waals surface area contributed by atoms with Crippen LogP contribution in [0.15, 0.2) is 18.2 Å². The summed E-state index contributed by atoms with van der Waals surface area (Å²) in [4.78, 5) is 0. The molecule has 0 aliphatic rings. The van der Waals surface area contributed by atoms with Gasteiger partial charge in [-0.2, -0.15) is 0 Å². The minimum absolute atomic E-state index is 0.180. The van der Waals surface area contributed by atoms with Crippen molar-refractivity contribution in [2.45, 2.75) is 39.9 Å². The molecule has 1 unspecified atom stereocenters. The Balaban J connectivity index is 2.45. The third-order valence-corrected chi connectivity index (χ3v) is 2.40. The summed E-state index contributed by atoms with van der Waals surface area (Å²) in [6.07, 6.45) is 1.21. The lowest BCUT2D eigenvalue weighted by molar-refractivity contribution is 0.0396. The first kappa shape index (κ1) is 13.0. The SMILES string of the molecule is CC(C)CC(C)OCc1ccc(N)c(F)c1. The van der Waals surface area contributed by atoms with Crippen LogP contribution in [0.2, 0.25) is 0 Å². The van der Waals surface area contributed by atoms with Gasteiger partial charge in [0.1, 0.15) is 5.82 Å². The van der Waals surface area contributed by atoms with Crippen molar-refractivity contribution in [2.75, 3.05) is 5.73 Å². The van der Waals surface area contributed by atoms with Gasteiger partial charge in [-0.25, -0.2) is 4.39 Å². The summed E-state index contributed by atoms with van der Waals surface area (Å²) < 4.78 is 18.8. The summed E-state index contributed by atoms with van der Waals surface area (Å²) in [5, 5.41) is 0. The Kier molecular flexibility index (Phi) is 4.74. The van der Waals surface area contributed by atoms with Crippen LogP contribution in [0.3, 0.4) is 0 Å². The van der Waals surface area contributed by atoms with E-state index in [4.69, 9.17) is 10.5 Å². The largest absolute Gasteiger partial charge is 0.396 e. The van der Waals surface area contributed by atoms with Gasteiger partial charge in [0, 0.05) is 0 Å². The van der Waals surface area contributed by atoms with Crippen LogP contribution in [0.4, 0.5) is 10.1 Å². The first-order valence-corrected chi connectivity index (χ1v) is 5.64. The van der Waals surface area contributed by atoms with Crippen molar-refractivity contribution < 1.29 is 9.13 Å². The number of nitrogen functional groups attached to an aromatic ring is 1. The zero-order valence-corrected chi connectivity index (χ0v) is 10.2. The van der Waals surface area contributed by atoms with Crippen LogP contribution in [0, 0.1) is 11.7 Å². The molecule has 2 nitrogen and oxygen atoms in total. The minimum atomic E-state index is -0.377. The molecule has 0 radical (unpaired) electrons. The summed E-state index contributed by atoms with van der Waals surface area (Å²) in [6.45, 7) is 6.78. The number of benzene rings is 1. The molecule has 1 aromatic rings.